The zero-order valence-corrected chi connectivity index (χ0v) is 14.7. The minimum atomic E-state index is -4.55. The first-order chi connectivity index (χ1) is 12.9. The van der Waals surface area contributed by atoms with E-state index in [-0.39, 0.29) is 29.5 Å². The van der Waals surface area contributed by atoms with Crippen LogP contribution in [-0.4, -0.2) is 29.3 Å². The number of rotatable bonds is 7. The fourth-order valence-electron chi connectivity index (χ4n) is 2.77. The van der Waals surface area contributed by atoms with Gasteiger partial charge in [-0.05, 0) is 25.2 Å². The van der Waals surface area contributed by atoms with Gasteiger partial charge in [0.05, 0.1) is 23.4 Å². The number of alkyl halides is 3. The Balaban J connectivity index is 1.77. The van der Waals surface area contributed by atoms with Crippen molar-refractivity contribution in [3.05, 3.63) is 23.7 Å². The zero-order chi connectivity index (χ0) is 19.6. The van der Waals surface area contributed by atoms with Gasteiger partial charge in [-0.3, -0.25) is 4.99 Å². The Labute approximate surface area is 154 Å². The monoisotopic (exact) mass is 379 g/mol. The maximum atomic E-state index is 13.0. The predicted octanol–water partition coefficient (Wildman–Crippen LogP) is 2.76. The second-order valence-corrected chi connectivity index (χ2v) is 6.64. The molecule has 27 heavy (non-hydrogen) atoms. The first-order valence-electron chi connectivity index (χ1n) is 8.62. The van der Waals surface area contributed by atoms with Crippen molar-refractivity contribution in [3.63, 3.8) is 0 Å². The number of aromatic nitrogens is 2. The summed E-state index contributed by atoms with van der Waals surface area (Å²) in [5.74, 6) is 0.254. The third-order valence-electron chi connectivity index (χ3n) is 4.57. The van der Waals surface area contributed by atoms with Gasteiger partial charge in [-0.1, -0.05) is 0 Å². The number of hydrogen-bond acceptors (Lipinski definition) is 7. The number of nitrogens with one attached hydrogen (secondary N) is 2. The Kier molecular flexibility index (Phi) is 5.21. The highest BCUT2D eigenvalue weighted by Gasteiger charge is 2.38. The quantitative estimate of drug-likeness (QED) is 0.628. The molecule has 2 aliphatic rings. The number of nitrogens with two attached hydrogens (primary N) is 1. The highest BCUT2D eigenvalue weighted by atomic mass is 19.4. The summed E-state index contributed by atoms with van der Waals surface area (Å²) < 4.78 is 38.9. The topological polar surface area (TPSA) is 112 Å². The molecule has 10 heteroatoms. The zero-order valence-electron chi connectivity index (χ0n) is 14.7. The van der Waals surface area contributed by atoms with E-state index in [1.165, 1.54) is 13.2 Å². The number of nitrogens with zero attached hydrogens (tertiary/aromatic N) is 4. The molecule has 1 aromatic rings. The minimum Gasteiger partial charge on any atom is -0.403 e. The number of nitriles is 1. The highest BCUT2D eigenvalue weighted by molar-refractivity contribution is 6.05. The maximum Gasteiger partial charge on any atom is 0.421 e. The molecule has 1 heterocycles. The molecular formula is C17H20F3N7. The minimum absolute atomic E-state index is 0.00118. The lowest BCUT2D eigenvalue weighted by atomic mass is 10.2. The molecule has 144 valence electrons. The van der Waals surface area contributed by atoms with Crippen LogP contribution >= 0.6 is 0 Å². The van der Waals surface area contributed by atoms with Gasteiger partial charge in [0.2, 0.25) is 5.95 Å². The molecule has 2 fully saturated rings. The van der Waals surface area contributed by atoms with Gasteiger partial charge in [0.1, 0.15) is 11.4 Å². The van der Waals surface area contributed by atoms with Crippen LogP contribution in [-0.2, 0) is 6.18 Å². The summed E-state index contributed by atoms with van der Waals surface area (Å²) in [5.41, 5.74) is 6.02. The molecule has 0 bridgehead atoms. The van der Waals surface area contributed by atoms with Gasteiger partial charge in [0.25, 0.3) is 0 Å². The van der Waals surface area contributed by atoms with Gasteiger partial charge in [0, 0.05) is 31.9 Å². The van der Waals surface area contributed by atoms with Crippen LogP contribution in [0.5, 0.6) is 0 Å². The van der Waals surface area contributed by atoms with Gasteiger partial charge in [-0.2, -0.15) is 23.4 Å². The summed E-state index contributed by atoms with van der Waals surface area (Å²) in [7, 11) is 1.36. The van der Waals surface area contributed by atoms with E-state index >= 15 is 0 Å². The highest BCUT2D eigenvalue weighted by Crippen LogP contribution is 2.39. The Morgan fingerprint density at radius 2 is 2.22 bits per heavy atom. The molecule has 0 spiro atoms. The molecule has 0 radical (unpaired) electrons. The molecule has 0 saturated heterocycles. The number of halogens is 3. The Morgan fingerprint density at radius 1 is 1.48 bits per heavy atom. The summed E-state index contributed by atoms with van der Waals surface area (Å²) in [5, 5.41) is 14.2. The first-order valence-corrected chi connectivity index (χ1v) is 8.62. The first kappa shape index (κ1) is 18.9. The SMILES string of the molecule is CNc1nc(N/C(=C/N)C(=NC[C@H]2CC2C#N)C2CC2)ncc1C(F)(F)F. The van der Waals surface area contributed by atoms with Crippen molar-refractivity contribution in [2.24, 2.45) is 28.5 Å². The summed E-state index contributed by atoms with van der Waals surface area (Å²) in [4.78, 5) is 12.3. The summed E-state index contributed by atoms with van der Waals surface area (Å²) >= 11 is 0. The number of hydrogen-bond donors (Lipinski definition) is 3. The molecule has 4 N–H and O–H groups in total. The van der Waals surface area contributed by atoms with Crippen LogP contribution in [0.1, 0.15) is 24.8 Å². The molecule has 2 aliphatic carbocycles. The number of aliphatic imine (C=N–C) groups is 1. The van der Waals surface area contributed by atoms with Crippen LogP contribution < -0.4 is 16.4 Å². The van der Waals surface area contributed by atoms with Gasteiger partial charge >= 0.3 is 6.18 Å². The normalized spacial score (nSPS) is 22.9. The maximum absolute atomic E-state index is 13.0. The van der Waals surface area contributed by atoms with E-state index in [1.807, 2.05) is 0 Å². The smallest absolute Gasteiger partial charge is 0.403 e. The second-order valence-electron chi connectivity index (χ2n) is 6.64. The van der Waals surface area contributed by atoms with Gasteiger partial charge in [0.15, 0.2) is 0 Å². The molecule has 0 amide bonds. The molecule has 1 aromatic heterocycles. The third-order valence-corrected chi connectivity index (χ3v) is 4.57. The largest absolute Gasteiger partial charge is 0.421 e. The fourth-order valence-corrected chi connectivity index (χ4v) is 2.77. The Hall–Kier alpha value is -2.83. The summed E-state index contributed by atoms with van der Waals surface area (Å²) in [6.07, 6.45) is 0.294. The molecule has 2 atom stereocenters. The van der Waals surface area contributed by atoms with Crippen molar-refractivity contribution in [2.75, 3.05) is 24.2 Å². The van der Waals surface area contributed by atoms with Crippen LogP contribution in [0, 0.1) is 29.1 Å². The van der Waals surface area contributed by atoms with Crippen LogP contribution in [0.2, 0.25) is 0 Å². The Morgan fingerprint density at radius 3 is 2.74 bits per heavy atom. The predicted molar refractivity (Wildman–Crippen MR) is 94.7 cm³/mol. The van der Waals surface area contributed by atoms with Gasteiger partial charge < -0.3 is 16.4 Å². The van der Waals surface area contributed by atoms with E-state index in [0.29, 0.717) is 12.2 Å². The molecule has 7 nitrogen and oxygen atoms in total. The van der Waals surface area contributed by atoms with Crippen LogP contribution in [0.4, 0.5) is 24.9 Å². The molecule has 1 unspecified atom stereocenters. The molecule has 0 aliphatic heterocycles. The standard InChI is InChI=1S/C17H20F3N7/c1-23-15-12(17(18,19)20)8-25-16(27-15)26-13(6-22)14(9-2-3-9)24-7-11-4-10(11)5-21/h6,8-11H,2-4,7,22H2,1H3,(H2,23,25,26,27)/b13-6+,24-14?/t10?,11-/m1/s1. The van der Waals surface area contributed by atoms with Gasteiger partial charge in [-0.15, -0.1) is 0 Å². The average Bonchev–Trinajstić information content (AvgIpc) is 3.54. The van der Waals surface area contributed by atoms with Crippen molar-refractivity contribution in [2.45, 2.75) is 25.4 Å². The van der Waals surface area contributed by atoms with E-state index in [0.717, 1.165) is 31.2 Å². The lowest BCUT2D eigenvalue weighted by Gasteiger charge is -2.15. The number of allylic oxidation sites excluding steroid dienone is 1. The van der Waals surface area contributed by atoms with Crippen molar-refractivity contribution in [1.29, 1.82) is 5.26 Å². The van der Waals surface area contributed by atoms with Crippen molar-refractivity contribution >= 4 is 17.5 Å². The molecule has 3 rings (SSSR count). The van der Waals surface area contributed by atoms with E-state index in [4.69, 9.17) is 11.0 Å². The summed E-state index contributed by atoms with van der Waals surface area (Å²) in [6, 6.07) is 2.23. The van der Waals surface area contributed by atoms with E-state index in [1.54, 1.807) is 0 Å². The van der Waals surface area contributed by atoms with Crippen LogP contribution in [0.3, 0.4) is 0 Å². The van der Waals surface area contributed by atoms with Crippen LogP contribution in [0.25, 0.3) is 0 Å². The van der Waals surface area contributed by atoms with Crippen molar-refractivity contribution in [1.82, 2.24) is 9.97 Å². The fraction of sp³-hybridized carbons (Fsp3) is 0.529. The van der Waals surface area contributed by atoms with E-state index < -0.39 is 11.7 Å². The van der Waals surface area contributed by atoms with Crippen LogP contribution in [0.15, 0.2) is 23.1 Å². The molecule has 2 saturated carbocycles. The lowest BCUT2D eigenvalue weighted by molar-refractivity contribution is -0.137. The third kappa shape index (κ3) is 4.48. The van der Waals surface area contributed by atoms with Gasteiger partial charge in [-0.25, -0.2) is 4.98 Å². The lowest BCUT2D eigenvalue weighted by Crippen LogP contribution is -2.19. The van der Waals surface area contributed by atoms with E-state index in [9.17, 15) is 13.2 Å². The molecular weight excluding hydrogens is 359 g/mol. The molecule has 0 aromatic carbocycles. The van der Waals surface area contributed by atoms with E-state index in [2.05, 4.69) is 31.7 Å². The summed E-state index contributed by atoms with van der Waals surface area (Å²) in [6.45, 7) is 0.540. The average molecular weight is 379 g/mol. The Bertz CT molecular complexity index is 806. The van der Waals surface area contributed by atoms with Crippen molar-refractivity contribution < 1.29 is 13.2 Å². The van der Waals surface area contributed by atoms with Crippen molar-refractivity contribution in [3.8, 4) is 6.07 Å². The second kappa shape index (κ2) is 7.42. The number of anilines is 2.